The number of fused-ring (bicyclic) bond motifs is 2. The predicted molar refractivity (Wildman–Crippen MR) is 156 cm³/mol. The van der Waals surface area contributed by atoms with E-state index in [0.717, 1.165) is 55.9 Å². The summed E-state index contributed by atoms with van der Waals surface area (Å²) in [6.07, 6.45) is 7.06. The van der Waals surface area contributed by atoms with Gasteiger partial charge in [0, 0.05) is 70.6 Å². The maximum atomic E-state index is 13.4. The number of rotatable bonds is 4. The smallest absolute Gasteiger partial charge is 0.331 e. The fourth-order valence-corrected chi connectivity index (χ4v) is 6.98. The van der Waals surface area contributed by atoms with Crippen LogP contribution in [0.5, 0.6) is 0 Å². The van der Waals surface area contributed by atoms with Gasteiger partial charge in [-0.3, -0.25) is 18.9 Å². The molecule has 0 unspecified atom stereocenters. The van der Waals surface area contributed by atoms with E-state index in [9.17, 15) is 18.4 Å². The summed E-state index contributed by atoms with van der Waals surface area (Å²) in [5.74, 6) is -2.76. The van der Waals surface area contributed by atoms with E-state index < -0.39 is 23.2 Å². The molecule has 7 rings (SSSR count). The summed E-state index contributed by atoms with van der Waals surface area (Å²) < 4.78 is 30.0. The van der Waals surface area contributed by atoms with Gasteiger partial charge in [0.25, 0.3) is 11.5 Å². The van der Waals surface area contributed by atoms with Crippen LogP contribution in [0.3, 0.4) is 0 Å². The Kier molecular flexibility index (Phi) is 7.50. The number of aryl methyl sites for hydroxylation is 1. The Labute approximate surface area is 238 Å². The fraction of sp³-hybridized carbons (Fsp3) is 0.414. The molecule has 7 nitrogen and oxygen atoms in total. The summed E-state index contributed by atoms with van der Waals surface area (Å²) in [7, 11) is 0. The molecule has 11 heteroatoms. The van der Waals surface area contributed by atoms with Gasteiger partial charge in [-0.05, 0) is 68.6 Å². The zero-order valence-electron chi connectivity index (χ0n) is 21.9. The summed E-state index contributed by atoms with van der Waals surface area (Å²) >= 11 is 7.90. The summed E-state index contributed by atoms with van der Waals surface area (Å²) in [6.45, 7) is 3.44. The number of hydrogen-bond acceptors (Lipinski definition) is 6. The van der Waals surface area contributed by atoms with E-state index in [4.69, 9.17) is 11.6 Å². The van der Waals surface area contributed by atoms with Gasteiger partial charge in [-0.2, -0.15) is 0 Å². The average molecular weight is 586 g/mol. The lowest BCUT2D eigenvalue weighted by Gasteiger charge is -2.35. The monoisotopic (exact) mass is 585 g/mol. The summed E-state index contributed by atoms with van der Waals surface area (Å²) in [5, 5.41) is 7.39. The maximum Gasteiger partial charge on any atom is 0.331 e. The summed E-state index contributed by atoms with van der Waals surface area (Å²) in [5.41, 5.74) is 3.95. The van der Waals surface area contributed by atoms with Crippen molar-refractivity contribution in [1.82, 2.24) is 19.4 Å². The van der Waals surface area contributed by atoms with Crippen molar-refractivity contribution >= 4 is 38.8 Å². The number of anilines is 1. The topological polar surface area (TPSA) is 81.0 Å². The van der Waals surface area contributed by atoms with Crippen LogP contribution in [0.2, 0.25) is 5.02 Å². The first-order chi connectivity index (χ1) is 19.3. The van der Waals surface area contributed by atoms with Gasteiger partial charge in [0.1, 0.15) is 0 Å². The van der Waals surface area contributed by atoms with Gasteiger partial charge >= 0.3 is 5.69 Å². The quantitative estimate of drug-likeness (QED) is 0.322. The second-order valence-corrected chi connectivity index (χ2v) is 12.2. The molecule has 40 heavy (non-hydrogen) atoms. The molecule has 5 heterocycles. The molecule has 2 fully saturated rings. The lowest BCUT2D eigenvalue weighted by Crippen LogP contribution is -2.46. The molecular formula is C29H30ClF2N5O2S. The van der Waals surface area contributed by atoms with Crippen molar-refractivity contribution in [2.45, 2.75) is 57.0 Å². The van der Waals surface area contributed by atoms with Crippen molar-refractivity contribution in [2.75, 3.05) is 25.0 Å². The van der Waals surface area contributed by atoms with Crippen molar-refractivity contribution in [2.24, 2.45) is 0 Å². The van der Waals surface area contributed by atoms with Crippen LogP contribution in [-0.2, 0) is 13.0 Å². The minimum Gasteiger partial charge on any atom is -0.384 e. The van der Waals surface area contributed by atoms with Crippen molar-refractivity contribution in [3.05, 3.63) is 79.0 Å². The Balaban J connectivity index is 0.000000523. The van der Waals surface area contributed by atoms with E-state index >= 15 is 0 Å². The van der Waals surface area contributed by atoms with Gasteiger partial charge in [-0.1, -0.05) is 11.6 Å². The number of thiophene rings is 1. The van der Waals surface area contributed by atoms with Crippen LogP contribution in [0.15, 0.2) is 52.3 Å². The zero-order valence-corrected chi connectivity index (χ0v) is 23.5. The van der Waals surface area contributed by atoms with E-state index in [1.165, 1.54) is 59.7 Å². The van der Waals surface area contributed by atoms with Gasteiger partial charge in [0.2, 0.25) is 0 Å². The third-order valence-corrected chi connectivity index (χ3v) is 9.05. The zero-order chi connectivity index (χ0) is 27.9. The van der Waals surface area contributed by atoms with E-state index in [1.54, 1.807) is 6.20 Å². The number of pyridine rings is 1. The first-order valence-electron chi connectivity index (χ1n) is 13.6. The predicted octanol–water partition coefficient (Wildman–Crippen LogP) is 5.69. The largest absolute Gasteiger partial charge is 0.384 e. The Morgan fingerprint density at radius 3 is 2.58 bits per heavy atom. The van der Waals surface area contributed by atoms with Crippen LogP contribution >= 0.6 is 22.9 Å². The molecule has 1 aliphatic carbocycles. The Bertz CT molecular complexity index is 1660. The number of nitrogens with one attached hydrogen (secondary N) is 2. The number of nitrogens with zero attached hydrogens (tertiary/aromatic N) is 3. The molecule has 210 valence electrons. The fourth-order valence-electron chi connectivity index (χ4n) is 5.61. The van der Waals surface area contributed by atoms with Crippen molar-refractivity contribution < 1.29 is 8.78 Å². The minimum atomic E-state index is -2.76. The lowest BCUT2D eigenvalue weighted by atomic mass is 9.88. The number of alkyl halides is 2. The van der Waals surface area contributed by atoms with E-state index in [2.05, 4.69) is 15.6 Å². The second kappa shape index (κ2) is 11.1. The highest BCUT2D eigenvalue weighted by atomic mass is 35.5. The third kappa shape index (κ3) is 5.44. The highest BCUT2D eigenvalue weighted by Gasteiger charge is 2.46. The molecule has 1 saturated carbocycles. The first-order valence-corrected chi connectivity index (χ1v) is 14.8. The molecule has 0 spiro atoms. The van der Waals surface area contributed by atoms with Gasteiger partial charge in [0.15, 0.2) is 0 Å². The van der Waals surface area contributed by atoms with Crippen molar-refractivity contribution in [3.63, 3.8) is 0 Å². The van der Waals surface area contributed by atoms with Crippen LogP contribution in [0.25, 0.3) is 21.3 Å². The maximum absolute atomic E-state index is 13.4. The highest BCUT2D eigenvalue weighted by molar-refractivity contribution is 7.19. The number of aromatic nitrogens is 3. The van der Waals surface area contributed by atoms with E-state index in [1.807, 2.05) is 24.3 Å². The van der Waals surface area contributed by atoms with Crippen LogP contribution in [0, 0.1) is 0 Å². The van der Waals surface area contributed by atoms with Crippen molar-refractivity contribution in [3.8, 4) is 11.1 Å². The van der Waals surface area contributed by atoms with Gasteiger partial charge in [-0.25, -0.2) is 13.6 Å². The number of halogens is 3. The molecule has 0 bridgehead atoms. The third-order valence-electron chi connectivity index (χ3n) is 7.69. The molecular weight excluding hydrogens is 556 g/mol. The second-order valence-electron chi connectivity index (χ2n) is 10.6. The number of hydrogen-bond donors (Lipinski definition) is 2. The normalized spacial score (nSPS) is 18.0. The van der Waals surface area contributed by atoms with Gasteiger partial charge in [-0.15, -0.1) is 11.3 Å². The van der Waals surface area contributed by atoms with Crippen LogP contribution in [-0.4, -0.2) is 39.7 Å². The molecule has 1 aromatic carbocycles. The molecule has 0 amide bonds. The SMILES string of the molecule is C1CCNC1.O=c1ccn(C2CC(F)(F)C2)c(=O)n1Cc1cc2nccc(-c3cc(Cl)cc4c3NCCC4)c2s1. The molecule has 2 N–H and O–H groups in total. The molecule has 3 aromatic heterocycles. The van der Waals surface area contributed by atoms with Crippen LogP contribution in [0.1, 0.15) is 48.6 Å². The van der Waals surface area contributed by atoms with Gasteiger partial charge in [0.05, 0.1) is 16.8 Å². The Hall–Kier alpha value is -3.08. The van der Waals surface area contributed by atoms with Gasteiger partial charge < -0.3 is 10.6 Å². The molecule has 2 aliphatic heterocycles. The lowest BCUT2D eigenvalue weighted by molar-refractivity contribution is -0.105. The highest BCUT2D eigenvalue weighted by Crippen LogP contribution is 2.45. The van der Waals surface area contributed by atoms with Crippen molar-refractivity contribution in [1.29, 1.82) is 0 Å². The molecule has 0 atom stereocenters. The van der Waals surface area contributed by atoms with Crippen LogP contribution in [0.4, 0.5) is 14.5 Å². The first kappa shape index (κ1) is 27.1. The van der Waals surface area contributed by atoms with Crippen LogP contribution < -0.4 is 21.9 Å². The van der Waals surface area contributed by atoms with E-state index in [0.29, 0.717) is 5.02 Å². The number of benzene rings is 1. The summed E-state index contributed by atoms with van der Waals surface area (Å²) in [6, 6.07) is 8.43. The standard InChI is InChI=1S/C25H21ClF2N4O2S.C4H9N/c26-15-8-14-2-1-5-30-22(14)19(9-15)18-3-6-29-20-10-17(35-23(18)20)13-32-21(33)4-7-31(24(32)34)16-11-25(27,28)12-16;1-2-4-5-3-1/h3-4,6-10,16,30H,1-2,5,11-13H2;5H,1-4H2. The molecule has 0 radical (unpaired) electrons. The summed E-state index contributed by atoms with van der Waals surface area (Å²) in [4.78, 5) is 30.8. The Morgan fingerprint density at radius 2 is 1.85 bits per heavy atom. The average Bonchev–Trinajstić information content (AvgIpc) is 3.63. The molecule has 4 aromatic rings. The van der Waals surface area contributed by atoms with E-state index in [-0.39, 0.29) is 19.4 Å². The molecule has 3 aliphatic rings. The molecule has 1 saturated heterocycles. The minimum absolute atomic E-state index is 0.0496. The Morgan fingerprint density at radius 1 is 1.05 bits per heavy atom.